The summed E-state index contributed by atoms with van der Waals surface area (Å²) in [6.45, 7) is 4.35. The maximum atomic E-state index is 12.8. The predicted molar refractivity (Wildman–Crippen MR) is 121 cm³/mol. The number of aromatic amines is 1. The molecule has 0 spiro atoms. The van der Waals surface area contributed by atoms with Crippen LogP contribution in [0.25, 0.3) is 10.9 Å². The van der Waals surface area contributed by atoms with Gasteiger partial charge in [0.15, 0.2) is 0 Å². The molecule has 0 bridgehead atoms. The molecule has 2 fully saturated rings. The zero-order valence-corrected chi connectivity index (χ0v) is 18.6. The summed E-state index contributed by atoms with van der Waals surface area (Å²) in [6.07, 6.45) is 0.834. The average Bonchev–Trinajstić information content (AvgIpc) is 3.10. The van der Waals surface area contributed by atoms with Crippen molar-refractivity contribution in [3.05, 3.63) is 59.8 Å². The number of alkyl halides is 3. The molecular formula is C26H27F3N2O2. The quantitative estimate of drug-likeness (QED) is 0.439. The van der Waals surface area contributed by atoms with E-state index >= 15 is 0 Å². The van der Waals surface area contributed by atoms with Gasteiger partial charge < -0.3 is 15.0 Å². The molecule has 1 amide bonds. The highest BCUT2D eigenvalue weighted by Crippen LogP contribution is 2.45. The molecule has 0 atom stereocenters. The van der Waals surface area contributed by atoms with Crippen LogP contribution in [0.3, 0.4) is 0 Å². The fourth-order valence-corrected chi connectivity index (χ4v) is 5.04. The number of aromatic nitrogens is 1. The Balaban J connectivity index is 1.20. The van der Waals surface area contributed by atoms with Crippen LogP contribution in [0.1, 0.15) is 56.6 Å². The molecule has 4 nitrogen and oxygen atoms in total. The summed E-state index contributed by atoms with van der Waals surface area (Å²) in [4.78, 5) is 15.8. The van der Waals surface area contributed by atoms with Crippen LogP contribution in [0.15, 0.2) is 48.7 Å². The van der Waals surface area contributed by atoms with Crippen LogP contribution in [0.2, 0.25) is 0 Å². The zero-order chi connectivity index (χ0) is 23.4. The van der Waals surface area contributed by atoms with E-state index in [-0.39, 0.29) is 29.3 Å². The van der Waals surface area contributed by atoms with Crippen LogP contribution < -0.4 is 10.1 Å². The standard InChI is InChI=1S/C26H27F3N2O2/c1-25(2)12-17(13-25)24(32)31-23-14-30-22-8-7-19(11-21(22)23)33-20-9-16(10-20)15-3-5-18(6-4-15)26(27,28)29/h3-8,11,14,16-17,20,30H,9-10,12-13H2,1-2H3,(H,31,32). The first-order valence-electron chi connectivity index (χ1n) is 11.3. The average molecular weight is 457 g/mol. The van der Waals surface area contributed by atoms with Crippen molar-refractivity contribution in [1.82, 2.24) is 4.98 Å². The number of carbonyl (C=O) groups excluding carboxylic acids is 1. The molecule has 2 N–H and O–H groups in total. The number of rotatable bonds is 5. The SMILES string of the molecule is CC1(C)CC(C(=O)Nc2c[nH]c3ccc(OC4CC(c5ccc(C(F)(F)F)cc5)C4)cc23)C1. The number of benzene rings is 2. The third kappa shape index (κ3) is 4.45. The van der Waals surface area contributed by atoms with Gasteiger partial charge in [-0.05, 0) is 72.9 Å². The number of halogens is 3. The van der Waals surface area contributed by atoms with Crippen molar-refractivity contribution in [2.45, 2.75) is 57.7 Å². The second-order valence-electron chi connectivity index (χ2n) is 10.2. The van der Waals surface area contributed by atoms with Crippen molar-refractivity contribution in [3.8, 4) is 5.75 Å². The summed E-state index contributed by atoms with van der Waals surface area (Å²) in [5.74, 6) is 1.04. The van der Waals surface area contributed by atoms with Crippen molar-refractivity contribution in [1.29, 1.82) is 0 Å². The van der Waals surface area contributed by atoms with Gasteiger partial charge in [0.05, 0.1) is 17.4 Å². The third-order valence-corrected chi connectivity index (χ3v) is 6.99. The molecule has 7 heteroatoms. The molecule has 2 aliphatic carbocycles. The van der Waals surface area contributed by atoms with Crippen LogP contribution in [0, 0.1) is 11.3 Å². The lowest BCUT2D eigenvalue weighted by molar-refractivity contribution is -0.137. The van der Waals surface area contributed by atoms with Gasteiger partial charge in [-0.3, -0.25) is 4.79 Å². The van der Waals surface area contributed by atoms with E-state index < -0.39 is 11.7 Å². The molecule has 33 heavy (non-hydrogen) atoms. The number of hydrogen-bond acceptors (Lipinski definition) is 2. The number of ether oxygens (including phenoxy) is 1. The molecule has 2 saturated carbocycles. The topological polar surface area (TPSA) is 54.1 Å². The molecular weight excluding hydrogens is 429 g/mol. The number of nitrogens with one attached hydrogen (secondary N) is 2. The van der Waals surface area contributed by atoms with Crippen LogP contribution in [-0.2, 0) is 11.0 Å². The number of anilines is 1. The number of amides is 1. The number of hydrogen-bond donors (Lipinski definition) is 2. The summed E-state index contributed by atoms with van der Waals surface area (Å²) in [6, 6.07) is 11.2. The number of fused-ring (bicyclic) bond motifs is 1. The molecule has 5 rings (SSSR count). The third-order valence-electron chi connectivity index (χ3n) is 6.99. The fourth-order valence-electron chi connectivity index (χ4n) is 5.04. The van der Waals surface area contributed by atoms with E-state index in [0.29, 0.717) is 0 Å². The van der Waals surface area contributed by atoms with Gasteiger partial charge in [-0.15, -0.1) is 0 Å². The highest BCUT2D eigenvalue weighted by Gasteiger charge is 2.40. The Morgan fingerprint density at radius 2 is 1.79 bits per heavy atom. The first-order chi connectivity index (χ1) is 15.6. The summed E-state index contributed by atoms with van der Waals surface area (Å²) < 4.78 is 44.4. The van der Waals surface area contributed by atoms with Gasteiger partial charge in [0.25, 0.3) is 0 Å². The van der Waals surface area contributed by atoms with Crippen LogP contribution in [-0.4, -0.2) is 17.0 Å². The zero-order valence-electron chi connectivity index (χ0n) is 18.6. The Hall–Kier alpha value is -2.96. The van der Waals surface area contributed by atoms with Gasteiger partial charge in [-0.2, -0.15) is 13.2 Å². The molecule has 2 aliphatic rings. The Kier molecular flexibility index (Phi) is 5.18. The van der Waals surface area contributed by atoms with Crippen LogP contribution in [0.4, 0.5) is 18.9 Å². The Labute approximate surface area is 190 Å². The van der Waals surface area contributed by atoms with E-state index in [2.05, 4.69) is 24.1 Å². The monoisotopic (exact) mass is 456 g/mol. The minimum atomic E-state index is -4.31. The van der Waals surface area contributed by atoms with Gasteiger partial charge in [0, 0.05) is 23.0 Å². The Morgan fingerprint density at radius 1 is 1.09 bits per heavy atom. The van der Waals surface area contributed by atoms with E-state index in [1.54, 1.807) is 18.3 Å². The maximum Gasteiger partial charge on any atom is 0.416 e. The molecule has 0 aliphatic heterocycles. The van der Waals surface area contributed by atoms with Crippen molar-refractivity contribution in [2.24, 2.45) is 11.3 Å². The Bertz CT molecular complexity index is 1170. The highest BCUT2D eigenvalue weighted by molar-refractivity contribution is 6.03. The van der Waals surface area contributed by atoms with Gasteiger partial charge in [0.1, 0.15) is 5.75 Å². The minimum Gasteiger partial charge on any atom is -0.490 e. The molecule has 174 valence electrons. The lowest BCUT2D eigenvalue weighted by Crippen LogP contribution is -2.39. The minimum absolute atomic E-state index is 0.0175. The van der Waals surface area contributed by atoms with E-state index in [1.807, 2.05) is 18.2 Å². The maximum absolute atomic E-state index is 12.8. The molecule has 2 aromatic carbocycles. The van der Waals surface area contributed by atoms with Crippen molar-refractivity contribution >= 4 is 22.5 Å². The van der Waals surface area contributed by atoms with E-state index in [0.717, 1.165) is 65.7 Å². The van der Waals surface area contributed by atoms with E-state index in [9.17, 15) is 18.0 Å². The van der Waals surface area contributed by atoms with E-state index in [4.69, 9.17) is 4.74 Å². The first kappa shape index (κ1) is 21.9. The van der Waals surface area contributed by atoms with Crippen LogP contribution >= 0.6 is 0 Å². The molecule has 0 radical (unpaired) electrons. The summed E-state index contributed by atoms with van der Waals surface area (Å²) in [5, 5.41) is 3.95. The normalized spacial score (nSPS) is 22.5. The smallest absolute Gasteiger partial charge is 0.416 e. The largest absolute Gasteiger partial charge is 0.490 e. The molecule has 1 aromatic heterocycles. The van der Waals surface area contributed by atoms with Gasteiger partial charge >= 0.3 is 6.18 Å². The number of H-pyrrole nitrogens is 1. The fraction of sp³-hybridized carbons (Fsp3) is 0.423. The van der Waals surface area contributed by atoms with Crippen molar-refractivity contribution in [2.75, 3.05) is 5.32 Å². The van der Waals surface area contributed by atoms with Crippen molar-refractivity contribution < 1.29 is 22.7 Å². The second kappa shape index (κ2) is 7.82. The van der Waals surface area contributed by atoms with Crippen molar-refractivity contribution in [3.63, 3.8) is 0 Å². The predicted octanol–water partition coefficient (Wildman–Crippen LogP) is 6.89. The van der Waals surface area contributed by atoms with Gasteiger partial charge in [0.2, 0.25) is 5.91 Å². The van der Waals surface area contributed by atoms with E-state index in [1.165, 1.54) is 0 Å². The summed E-state index contributed by atoms with van der Waals surface area (Å²) >= 11 is 0. The first-order valence-corrected chi connectivity index (χ1v) is 11.3. The summed E-state index contributed by atoms with van der Waals surface area (Å²) in [5.41, 5.74) is 2.20. The second-order valence-corrected chi connectivity index (χ2v) is 10.2. The lowest BCUT2D eigenvalue weighted by Gasteiger charge is -2.41. The molecule has 1 heterocycles. The van der Waals surface area contributed by atoms with Gasteiger partial charge in [-0.1, -0.05) is 26.0 Å². The number of carbonyl (C=O) groups is 1. The molecule has 0 unspecified atom stereocenters. The Morgan fingerprint density at radius 3 is 2.42 bits per heavy atom. The van der Waals surface area contributed by atoms with Crippen LogP contribution in [0.5, 0.6) is 5.75 Å². The van der Waals surface area contributed by atoms with Gasteiger partial charge in [-0.25, -0.2) is 0 Å². The highest BCUT2D eigenvalue weighted by atomic mass is 19.4. The molecule has 3 aromatic rings. The summed E-state index contributed by atoms with van der Waals surface area (Å²) in [7, 11) is 0. The lowest BCUT2D eigenvalue weighted by atomic mass is 9.64. The molecule has 0 saturated heterocycles.